The van der Waals surface area contributed by atoms with Gasteiger partial charge < -0.3 is 14.2 Å². The maximum absolute atomic E-state index is 12.6. The molecule has 0 rings (SSSR count). The van der Waals surface area contributed by atoms with Gasteiger partial charge in [0.1, 0.15) is 6.61 Å². The van der Waals surface area contributed by atoms with Crippen LogP contribution in [0.2, 0.25) is 0 Å². The molecule has 0 spiro atoms. The van der Waals surface area contributed by atoms with E-state index < -0.39 is 6.10 Å². The molecule has 0 aliphatic carbocycles. The predicted octanol–water partition coefficient (Wildman–Crippen LogP) is 16.8. The maximum atomic E-state index is 12.6. The Labute approximate surface area is 361 Å². The molecule has 0 aromatic rings. The van der Waals surface area contributed by atoms with Gasteiger partial charge in [-0.15, -0.1) is 0 Å². The van der Waals surface area contributed by atoms with Gasteiger partial charge in [-0.05, 0) is 57.8 Å². The Hall–Kier alpha value is -2.14. The molecule has 0 heterocycles. The second-order valence-corrected chi connectivity index (χ2v) is 16.7. The van der Waals surface area contributed by atoms with E-state index in [1.165, 1.54) is 141 Å². The third-order valence-electron chi connectivity index (χ3n) is 10.9. The van der Waals surface area contributed by atoms with Crippen LogP contribution in [0.5, 0.6) is 0 Å². The lowest BCUT2D eigenvalue weighted by atomic mass is 10.0. The number of esters is 2. The molecule has 1 unspecified atom stereocenters. The molecule has 0 amide bonds. The molecule has 5 nitrogen and oxygen atoms in total. The minimum Gasteiger partial charge on any atom is -0.462 e. The summed E-state index contributed by atoms with van der Waals surface area (Å²) in [6, 6.07) is 0. The number of hydrogen-bond donors (Lipinski definition) is 0. The van der Waals surface area contributed by atoms with Crippen molar-refractivity contribution < 1.29 is 23.8 Å². The van der Waals surface area contributed by atoms with Crippen LogP contribution in [0.1, 0.15) is 252 Å². The fraction of sp³-hybridized carbons (Fsp3) is 0.811. The Morgan fingerprint density at radius 3 is 1.24 bits per heavy atom. The first-order valence-electron chi connectivity index (χ1n) is 25.2. The first kappa shape index (κ1) is 55.9. The van der Waals surface area contributed by atoms with E-state index in [1.807, 2.05) is 0 Å². The van der Waals surface area contributed by atoms with Gasteiger partial charge >= 0.3 is 11.9 Å². The van der Waals surface area contributed by atoms with Crippen LogP contribution in [-0.2, 0) is 23.8 Å². The fourth-order valence-corrected chi connectivity index (χ4v) is 7.15. The third kappa shape index (κ3) is 46.5. The second-order valence-electron chi connectivity index (χ2n) is 16.7. The predicted molar refractivity (Wildman–Crippen MR) is 251 cm³/mol. The van der Waals surface area contributed by atoms with Crippen LogP contribution < -0.4 is 0 Å². The summed E-state index contributed by atoms with van der Waals surface area (Å²) in [5.41, 5.74) is 0. The Kier molecular flexibility index (Phi) is 47.4. The number of carbonyl (C=O) groups is 2. The highest BCUT2D eigenvalue weighted by Crippen LogP contribution is 2.16. The molecular weight excluding hydrogens is 717 g/mol. The van der Waals surface area contributed by atoms with Gasteiger partial charge in [0.2, 0.25) is 0 Å². The molecular formula is C53H96O5. The highest BCUT2D eigenvalue weighted by Gasteiger charge is 2.17. The van der Waals surface area contributed by atoms with E-state index >= 15 is 0 Å². The molecule has 58 heavy (non-hydrogen) atoms. The zero-order chi connectivity index (χ0) is 42.1. The smallest absolute Gasteiger partial charge is 0.306 e. The topological polar surface area (TPSA) is 61.8 Å². The van der Waals surface area contributed by atoms with Crippen molar-refractivity contribution in [1.82, 2.24) is 0 Å². The van der Waals surface area contributed by atoms with Crippen molar-refractivity contribution in [3.8, 4) is 0 Å². The summed E-state index contributed by atoms with van der Waals surface area (Å²) in [6.45, 7) is 7.63. The maximum Gasteiger partial charge on any atom is 0.306 e. The lowest BCUT2D eigenvalue weighted by Crippen LogP contribution is -2.30. The molecule has 0 saturated heterocycles. The van der Waals surface area contributed by atoms with Crippen LogP contribution in [0, 0.1) is 0 Å². The van der Waals surface area contributed by atoms with Gasteiger partial charge in [-0.3, -0.25) is 9.59 Å². The van der Waals surface area contributed by atoms with Crippen molar-refractivity contribution in [3.63, 3.8) is 0 Å². The minimum atomic E-state index is -0.539. The van der Waals surface area contributed by atoms with Crippen molar-refractivity contribution in [3.05, 3.63) is 48.6 Å². The van der Waals surface area contributed by atoms with Crippen molar-refractivity contribution in [1.29, 1.82) is 0 Å². The van der Waals surface area contributed by atoms with E-state index in [0.717, 1.165) is 77.0 Å². The van der Waals surface area contributed by atoms with E-state index in [-0.39, 0.29) is 25.2 Å². The van der Waals surface area contributed by atoms with Crippen LogP contribution in [0.3, 0.4) is 0 Å². The zero-order valence-electron chi connectivity index (χ0n) is 38.8. The Bertz CT molecular complexity index is 966. The molecule has 0 N–H and O–H groups in total. The standard InChI is InChI=1S/C53H96O5/c1-4-7-10-13-15-17-19-21-23-25-27-28-30-32-34-36-38-41-43-46-52(54)57-50-51(58-53(55)47-44-40-12-9-6-3)49-56-48-45-42-39-37-35-33-31-29-26-24-22-20-18-16-14-11-8-5-2/h8,11,16,18,22,24,29,31,51H,4-7,9-10,12-15,17,19-21,23,25-28,30,32-50H2,1-3H3/b11-8-,18-16-,24-22-,31-29-. The third-order valence-corrected chi connectivity index (χ3v) is 10.9. The van der Waals surface area contributed by atoms with E-state index in [0.29, 0.717) is 19.4 Å². The number of allylic oxidation sites excluding steroid dienone is 8. The number of rotatable bonds is 46. The number of unbranched alkanes of at least 4 members (excludes halogenated alkanes) is 27. The van der Waals surface area contributed by atoms with E-state index in [1.54, 1.807) is 0 Å². The minimum absolute atomic E-state index is 0.0802. The van der Waals surface area contributed by atoms with Gasteiger partial charge in [-0.25, -0.2) is 0 Å². The highest BCUT2D eigenvalue weighted by atomic mass is 16.6. The van der Waals surface area contributed by atoms with Crippen molar-refractivity contribution in [2.24, 2.45) is 0 Å². The molecule has 0 fully saturated rings. The Balaban J connectivity index is 4.01. The summed E-state index contributed by atoms with van der Waals surface area (Å²) in [4.78, 5) is 25.1. The Morgan fingerprint density at radius 1 is 0.397 bits per heavy atom. The number of ether oxygens (including phenoxy) is 3. The molecule has 338 valence electrons. The molecule has 0 aromatic heterocycles. The van der Waals surface area contributed by atoms with Crippen LogP contribution in [0.25, 0.3) is 0 Å². The molecule has 0 aliphatic heterocycles. The van der Waals surface area contributed by atoms with Gasteiger partial charge in [-0.1, -0.05) is 230 Å². The summed E-state index contributed by atoms with van der Waals surface area (Å²) < 4.78 is 17.2. The largest absolute Gasteiger partial charge is 0.462 e. The van der Waals surface area contributed by atoms with Gasteiger partial charge in [0.15, 0.2) is 6.10 Å². The lowest BCUT2D eigenvalue weighted by molar-refractivity contribution is -0.163. The van der Waals surface area contributed by atoms with Crippen LogP contribution in [0.15, 0.2) is 48.6 Å². The SMILES string of the molecule is CC/C=C\C/C=C\C/C=C\C/C=C\CCCCCCCOCC(COC(=O)CCCCCCCCCCCCCCCCCCCCC)OC(=O)CCCCCCC. The van der Waals surface area contributed by atoms with Crippen molar-refractivity contribution in [2.75, 3.05) is 19.8 Å². The summed E-state index contributed by atoms with van der Waals surface area (Å²) >= 11 is 0. The first-order chi connectivity index (χ1) is 28.6. The highest BCUT2D eigenvalue weighted by molar-refractivity contribution is 5.70. The van der Waals surface area contributed by atoms with E-state index in [9.17, 15) is 9.59 Å². The lowest BCUT2D eigenvalue weighted by Gasteiger charge is -2.18. The van der Waals surface area contributed by atoms with Crippen LogP contribution in [0.4, 0.5) is 0 Å². The molecule has 5 heteroatoms. The zero-order valence-corrected chi connectivity index (χ0v) is 38.8. The van der Waals surface area contributed by atoms with Crippen molar-refractivity contribution in [2.45, 2.75) is 258 Å². The van der Waals surface area contributed by atoms with Crippen LogP contribution >= 0.6 is 0 Å². The van der Waals surface area contributed by atoms with E-state index in [2.05, 4.69) is 69.4 Å². The van der Waals surface area contributed by atoms with Gasteiger partial charge in [0, 0.05) is 19.4 Å². The second kappa shape index (κ2) is 49.2. The molecule has 0 saturated carbocycles. The average Bonchev–Trinajstić information content (AvgIpc) is 3.22. The Morgan fingerprint density at radius 2 is 0.776 bits per heavy atom. The molecule has 0 aromatic carbocycles. The monoisotopic (exact) mass is 813 g/mol. The quantitative estimate of drug-likeness (QED) is 0.0348. The van der Waals surface area contributed by atoms with Gasteiger partial charge in [-0.2, -0.15) is 0 Å². The first-order valence-corrected chi connectivity index (χ1v) is 25.2. The van der Waals surface area contributed by atoms with Crippen LogP contribution in [-0.4, -0.2) is 37.9 Å². The van der Waals surface area contributed by atoms with Gasteiger partial charge in [0.25, 0.3) is 0 Å². The fourth-order valence-electron chi connectivity index (χ4n) is 7.15. The summed E-state index contributed by atoms with van der Waals surface area (Å²) in [5.74, 6) is -0.411. The molecule has 0 radical (unpaired) electrons. The van der Waals surface area contributed by atoms with E-state index in [4.69, 9.17) is 14.2 Å². The number of carbonyl (C=O) groups excluding carboxylic acids is 2. The molecule has 0 bridgehead atoms. The summed E-state index contributed by atoms with van der Waals surface area (Å²) in [6.07, 6.45) is 60.1. The summed E-state index contributed by atoms with van der Waals surface area (Å²) in [5, 5.41) is 0. The average molecular weight is 813 g/mol. The van der Waals surface area contributed by atoms with Crippen molar-refractivity contribution >= 4 is 11.9 Å². The number of hydrogen-bond acceptors (Lipinski definition) is 5. The normalized spacial score (nSPS) is 12.5. The molecule has 0 aliphatic rings. The molecule has 1 atom stereocenters. The summed E-state index contributed by atoms with van der Waals surface area (Å²) in [7, 11) is 0. The van der Waals surface area contributed by atoms with Gasteiger partial charge in [0.05, 0.1) is 6.61 Å².